The SMILES string of the molecule is CC(C)(C)OC(=O)N1CCC([CH-]C#N)CC1.[Y]. The molecule has 0 aromatic rings. The topological polar surface area (TPSA) is 53.3 Å². The molecular weight excluding hydrogens is 293 g/mol. The largest absolute Gasteiger partial charge is 0.444 e. The van der Waals surface area contributed by atoms with E-state index < -0.39 is 5.60 Å². The van der Waals surface area contributed by atoms with Crippen LogP contribution in [-0.4, -0.2) is 29.7 Å². The first-order valence-corrected chi connectivity index (χ1v) is 5.63. The van der Waals surface area contributed by atoms with Gasteiger partial charge in [0.25, 0.3) is 0 Å². The molecule has 0 spiro atoms. The fraction of sp³-hybridized carbons (Fsp3) is 0.750. The van der Waals surface area contributed by atoms with Crippen LogP contribution in [0.1, 0.15) is 33.6 Å². The summed E-state index contributed by atoms with van der Waals surface area (Å²) in [4.78, 5) is 13.4. The molecule has 1 aliphatic rings. The standard InChI is InChI=1S/C12H19N2O2.Y/c1-12(2,3)16-11(15)14-8-5-10(4-7-13)6-9-14;/h4,10H,5-6,8-9H2,1-3H3;/q-1;. The number of piperidine rings is 1. The summed E-state index contributed by atoms with van der Waals surface area (Å²) in [6.07, 6.45) is 3.12. The van der Waals surface area contributed by atoms with Crippen LogP contribution < -0.4 is 0 Å². The molecule has 5 heteroatoms. The Bertz CT molecular complexity index is 286. The summed E-state index contributed by atoms with van der Waals surface area (Å²) < 4.78 is 5.28. The first-order chi connectivity index (χ1) is 7.42. The van der Waals surface area contributed by atoms with Crippen molar-refractivity contribution in [3.8, 4) is 6.07 Å². The molecule has 1 radical (unpaired) electrons. The van der Waals surface area contributed by atoms with Crippen LogP contribution in [0.25, 0.3) is 0 Å². The van der Waals surface area contributed by atoms with E-state index in [2.05, 4.69) is 6.07 Å². The summed E-state index contributed by atoms with van der Waals surface area (Å²) in [5.41, 5.74) is -0.438. The summed E-state index contributed by atoms with van der Waals surface area (Å²) in [6, 6.07) is 2.06. The first-order valence-electron chi connectivity index (χ1n) is 5.63. The van der Waals surface area contributed by atoms with E-state index in [-0.39, 0.29) is 38.8 Å². The minimum absolute atomic E-state index is 0. The number of nitrogens with zero attached hydrogens (tertiary/aromatic N) is 2. The fourth-order valence-corrected chi connectivity index (χ4v) is 1.68. The molecule has 1 fully saturated rings. The van der Waals surface area contributed by atoms with Crippen molar-refractivity contribution in [2.75, 3.05) is 13.1 Å². The maximum absolute atomic E-state index is 11.7. The second kappa shape index (κ2) is 7.23. The van der Waals surface area contributed by atoms with E-state index >= 15 is 0 Å². The van der Waals surface area contributed by atoms with Crippen LogP contribution in [0.4, 0.5) is 4.79 Å². The molecule has 1 heterocycles. The summed E-state index contributed by atoms with van der Waals surface area (Å²) >= 11 is 0. The molecule has 1 amide bonds. The van der Waals surface area contributed by atoms with Gasteiger partial charge >= 0.3 is 6.09 Å². The number of hydrogen-bond acceptors (Lipinski definition) is 3. The normalized spacial score (nSPS) is 16.7. The van der Waals surface area contributed by atoms with Gasteiger partial charge in [0.1, 0.15) is 5.60 Å². The predicted molar refractivity (Wildman–Crippen MR) is 60.4 cm³/mol. The molecule has 1 saturated heterocycles. The van der Waals surface area contributed by atoms with Crippen LogP contribution >= 0.6 is 0 Å². The van der Waals surface area contributed by atoms with Crippen molar-refractivity contribution >= 4 is 6.09 Å². The fourth-order valence-electron chi connectivity index (χ4n) is 1.68. The van der Waals surface area contributed by atoms with Gasteiger partial charge in [0.2, 0.25) is 0 Å². The Morgan fingerprint density at radius 3 is 2.35 bits per heavy atom. The number of ether oxygens (including phenoxy) is 1. The number of likely N-dealkylation sites (tertiary alicyclic amines) is 1. The van der Waals surface area contributed by atoms with Crippen LogP contribution in [0.15, 0.2) is 0 Å². The van der Waals surface area contributed by atoms with Crippen LogP contribution in [0.2, 0.25) is 0 Å². The average Bonchev–Trinajstić information content (AvgIpc) is 2.16. The first kappa shape index (κ1) is 16.7. The van der Waals surface area contributed by atoms with Crippen molar-refractivity contribution in [2.24, 2.45) is 5.92 Å². The number of carbonyl (C=O) groups excluding carboxylic acids is 1. The molecule has 1 rings (SSSR count). The summed E-state index contributed by atoms with van der Waals surface area (Å²) in [5, 5.41) is 8.54. The minimum atomic E-state index is -0.438. The van der Waals surface area contributed by atoms with E-state index in [1.54, 1.807) is 11.3 Å². The van der Waals surface area contributed by atoms with E-state index in [0.717, 1.165) is 12.8 Å². The molecule has 0 N–H and O–H groups in total. The van der Waals surface area contributed by atoms with Crippen LogP contribution in [-0.2, 0) is 37.4 Å². The molecule has 4 nitrogen and oxygen atoms in total. The Labute approximate surface area is 129 Å². The number of rotatable bonds is 1. The molecule has 0 unspecified atom stereocenters. The molecule has 93 valence electrons. The predicted octanol–water partition coefficient (Wildman–Crippen LogP) is 2.36. The summed E-state index contributed by atoms with van der Waals surface area (Å²) in [5.74, 6) is 0.323. The zero-order valence-electron chi connectivity index (χ0n) is 10.8. The van der Waals surface area contributed by atoms with Gasteiger partial charge in [0.05, 0.1) is 0 Å². The average molecular weight is 312 g/mol. The third kappa shape index (κ3) is 6.28. The van der Waals surface area contributed by atoms with Gasteiger partial charge in [0, 0.05) is 45.8 Å². The van der Waals surface area contributed by atoms with Crippen molar-refractivity contribution in [2.45, 2.75) is 39.2 Å². The van der Waals surface area contributed by atoms with Gasteiger partial charge in [-0.1, -0.05) is 12.8 Å². The number of nitriles is 1. The van der Waals surface area contributed by atoms with Crippen LogP contribution in [0, 0.1) is 23.7 Å². The van der Waals surface area contributed by atoms with Crippen molar-refractivity contribution in [3.05, 3.63) is 6.42 Å². The molecule has 0 aliphatic carbocycles. The van der Waals surface area contributed by atoms with Gasteiger partial charge < -0.3 is 9.64 Å². The van der Waals surface area contributed by atoms with Crippen molar-refractivity contribution in [1.29, 1.82) is 5.26 Å². The van der Waals surface area contributed by atoms with Crippen molar-refractivity contribution in [3.63, 3.8) is 0 Å². The van der Waals surface area contributed by atoms with Crippen molar-refractivity contribution in [1.82, 2.24) is 4.90 Å². The number of carbonyl (C=O) groups is 1. The Morgan fingerprint density at radius 1 is 1.41 bits per heavy atom. The third-order valence-corrected chi connectivity index (χ3v) is 2.50. The molecule has 0 bridgehead atoms. The molecule has 0 aromatic heterocycles. The Kier molecular flexibility index (Phi) is 7.12. The third-order valence-electron chi connectivity index (χ3n) is 2.50. The Hall–Kier alpha value is -0.266. The van der Waals surface area contributed by atoms with Gasteiger partial charge in [-0.25, -0.2) is 10.1 Å². The molecular formula is C12H19N2O2Y-. The van der Waals surface area contributed by atoms with Gasteiger partial charge in [-0.15, -0.1) is 12.0 Å². The second-order valence-corrected chi connectivity index (χ2v) is 5.10. The van der Waals surface area contributed by atoms with E-state index in [1.807, 2.05) is 20.8 Å². The Balaban J connectivity index is 0.00000256. The van der Waals surface area contributed by atoms with Gasteiger partial charge in [0.15, 0.2) is 0 Å². The van der Waals surface area contributed by atoms with Gasteiger partial charge in [-0.2, -0.15) is 0 Å². The van der Waals surface area contributed by atoms with Crippen molar-refractivity contribution < 1.29 is 42.2 Å². The maximum Gasteiger partial charge on any atom is 0.410 e. The van der Waals surface area contributed by atoms with Crippen LogP contribution in [0.5, 0.6) is 0 Å². The number of amides is 1. The molecule has 0 saturated carbocycles. The number of hydrogen-bond donors (Lipinski definition) is 0. The van der Waals surface area contributed by atoms with Crippen LogP contribution in [0.3, 0.4) is 0 Å². The quantitative estimate of drug-likeness (QED) is 0.699. The summed E-state index contributed by atoms with van der Waals surface area (Å²) in [7, 11) is 0. The monoisotopic (exact) mass is 312 g/mol. The molecule has 17 heavy (non-hydrogen) atoms. The maximum atomic E-state index is 11.7. The molecule has 1 aliphatic heterocycles. The zero-order chi connectivity index (χ0) is 12.2. The Morgan fingerprint density at radius 2 is 1.94 bits per heavy atom. The molecule has 0 atom stereocenters. The van der Waals surface area contributed by atoms with E-state index in [1.165, 1.54) is 0 Å². The second-order valence-electron chi connectivity index (χ2n) is 5.10. The van der Waals surface area contributed by atoms with E-state index in [4.69, 9.17) is 10.00 Å². The molecule has 0 aromatic carbocycles. The zero-order valence-corrected chi connectivity index (χ0v) is 13.6. The smallest absolute Gasteiger partial charge is 0.410 e. The van der Waals surface area contributed by atoms with Gasteiger partial charge in [-0.05, 0) is 20.8 Å². The van der Waals surface area contributed by atoms with E-state index in [0.29, 0.717) is 19.0 Å². The van der Waals surface area contributed by atoms with Gasteiger partial charge in [-0.3, -0.25) is 6.42 Å². The minimum Gasteiger partial charge on any atom is -0.444 e. The van der Waals surface area contributed by atoms with E-state index in [9.17, 15) is 4.79 Å². The summed E-state index contributed by atoms with van der Waals surface area (Å²) in [6.45, 7) is 6.94.